The summed E-state index contributed by atoms with van der Waals surface area (Å²) >= 11 is 6.28. The van der Waals surface area contributed by atoms with Crippen LogP contribution >= 0.6 is 11.6 Å². The number of pyridine rings is 1. The highest BCUT2D eigenvalue weighted by atomic mass is 35.5. The molecule has 0 aliphatic carbocycles. The number of benzene rings is 1. The molecule has 1 N–H and O–H groups in total. The summed E-state index contributed by atoms with van der Waals surface area (Å²) in [5.74, 6) is 2.00. The van der Waals surface area contributed by atoms with Crippen molar-refractivity contribution in [2.45, 2.75) is 27.3 Å². The van der Waals surface area contributed by atoms with Gasteiger partial charge in [0.1, 0.15) is 5.75 Å². The second-order valence-corrected chi connectivity index (χ2v) is 5.90. The molecule has 1 aromatic heterocycles. The molecule has 0 aliphatic rings. The van der Waals surface area contributed by atoms with E-state index >= 15 is 0 Å². The lowest BCUT2D eigenvalue weighted by atomic mass is 10.1. The van der Waals surface area contributed by atoms with E-state index in [4.69, 9.17) is 16.3 Å². The van der Waals surface area contributed by atoms with Crippen molar-refractivity contribution in [3.8, 4) is 11.5 Å². The number of nitrogens with zero attached hydrogens (tertiary/aromatic N) is 1. The van der Waals surface area contributed by atoms with Gasteiger partial charge < -0.3 is 10.1 Å². The molecular weight excluding hydrogens is 284 g/mol. The number of nitrogens with one attached hydrogen (secondary N) is 1. The second-order valence-electron chi connectivity index (χ2n) is 5.49. The van der Waals surface area contributed by atoms with E-state index in [-0.39, 0.29) is 0 Å². The van der Waals surface area contributed by atoms with Crippen LogP contribution in [0.25, 0.3) is 0 Å². The molecule has 0 bridgehead atoms. The lowest BCUT2D eigenvalue weighted by Gasteiger charge is -2.14. The molecule has 3 nitrogen and oxygen atoms in total. The Labute approximate surface area is 131 Å². The van der Waals surface area contributed by atoms with Crippen LogP contribution in [0.5, 0.6) is 11.5 Å². The molecule has 2 aromatic rings. The maximum absolute atomic E-state index is 6.28. The largest absolute Gasteiger partial charge is 0.454 e. The zero-order chi connectivity index (χ0) is 15.2. The number of para-hydroxylation sites is 1. The van der Waals surface area contributed by atoms with E-state index < -0.39 is 0 Å². The van der Waals surface area contributed by atoms with E-state index in [2.05, 4.69) is 24.1 Å². The molecule has 1 aromatic carbocycles. The van der Waals surface area contributed by atoms with Gasteiger partial charge in [0.25, 0.3) is 0 Å². The zero-order valence-corrected chi connectivity index (χ0v) is 13.4. The summed E-state index contributed by atoms with van der Waals surface area (Å²) in [5, 5.41) is 4.02. The first-order chi connectivity index (χ1) is 10.1. The van der Waals surface area contributed by atoms with Crippen LogP contribution in [0.3, 0.4) is 0 Å². The lowest BCUT2D eigenvalue weighted by molar-refractivity contribution is 0.467. The van der Waals surface area contributed by atoms with Crippen molar-refractivity contribution in [2.75, 3.05) is 6.54 Å². The fourth-order valence-corrected chi connectivity index (χ4v) is 2.17. The summed E-state index contributed by atoms with van der Waals surface area (Å²) in [6, 6.07) is 9.62. The molecule has 0 fully saturated rings. The van der Waals surface area contributed by atoms with Crippen molar-refractivity contribution in [3.05, 3.63) is 52.8 Å². The van der Waals surface area contributed by atoms with Crippen LogP contribution in [0.4, 0.5) is 0 Å². The highest BCUT2D eigenvalue weighted by Gasteiger charge is 2.10. The van der Waals surface area contributed by atoms with Crippen molar-refractivity contribution in [2.24, 2.45) is 5.92 Å². The van der Waals surface area contributed by atoms with Crippen molar-refractivity contribution in [1.29, 1.82) is 0 Å². The Kier molecular flexibility index (Phi) is 5.59. The highest BCUT2D eigenvalue weighted by Crippen LogP contribution is 2.32. The Morgan fingerprint density at radius 1 is 1.24 bits per heavy atom. The summed E-state index contributed by atoms with van der Waals surface area (Å²) in [6.07, 6.45) is 1.71. The second kappa shape index (κ2) is 7.43. The van der Waals surface area contributed by atoms with Crippen molar-refractivity contribution >= 4 is 11.6 Å². The monoisotopic (exact) mass is 304 g/mol. The number of hydrogen-bond acceptors (Lipinski definition) is 3. The van der Waals surface area contributed by atoms with Gasteiger partial charge in [-0.25, -0.2) is 0 Å². The molecule has 112 valence electrons. The Balaban J connectivity index is 2.15. The standard InChI is InChI=1S/C17H21ClN2O/c1-12(2)9-19-10-14-5-4-6-16(18)17(14)21-15-8-7-13(3)20-11-15/h4-8,11-12,19H,9-10H2,1-3H3. The van der Waals surface area contributed by atoms with Crippen LogP contribution in [0.15, 0.2) is 36.5 Å². The van der Waals surface area contributed by atoms with Gasteiger partial charge in [0.2, 0.25) is 0 Å². The minimum atomic E-state index is 0.606. The third-order valence-electron chi connectivity index (χ3n) is 3.02. The maximum Gasteiger partial charge on any atom is 0.150 e. The van der Waals surface area contributed by atoms with Gasteiger partial charge in [-0.2, -0.15) is 0 Å². The van der Waals surface area contributed by atoms with Gasteiger partial charge in [-0.05, 0) is 37.6 Å². The van der Waals surface area contributed by atoms with Gasteiger partial charge in [0, 0.05) is 17.8 Å². The van der Waals surface area contributed by atoms with Crippen LogP contribution < -0.4 is 10.1 Å². The quantitative estimate of drug-likeness (QED) is 0.848. The molecular formula is C17H21ClN2O. The number of aryl methyl sites for hydroxylation is 1. The third kappa shape index (κ3) is 4.73. The van der Waals surface area contributed by atoms with Crippen molar-refractivity contribution in [1.82, 2.24) is 10.3 Å². The minimum Gasteiger partial charge on any atom is -0.454 e. The van der Waals surface area contributed by atoms with E-state index in [1.54, 1.807) is 6.20 Å². The van der Waals surface area contributed by atoms with Crippen molar-refractivity contribution in [3.63, 3.8) is 0 Å². The first-order valence-corrected chi connectivity index (χ1v) is 7.52. The first-order valence-electron chi connectivity index (χ1n) is 7.15. The van der Waals surface area contributed by atoms with Gasteiger partial charge in [-0.1, -0.05) is 37.6 Å². The Hall–Kier alpha value is -1.58. The van der Waals surface area contributed by atoms with E-state index in [9.17, 15) is 0 Å². The molecule has 4 heteroatoms. The number of aromatic nitrogens is 1. The average molecular weight is 305 g/mol. The maximum atomic E-state index is 6.28. The van der Waals surface area contributed by atoms with E-state index in [1.165, 1.54) is 0 Å². The molecule has 0 atom stereocenters. The fourth-order valence-electron chi connectivity index (χ4n) is 1.93. The molecule has 0 radical (unpaired) electrons. The molecule has 2 rings (SSSR count). The van der Waals surface area contributed by atoms with Crippen LogP contribution in [0, 0.1) is 12.8 Å². The van der Waals surface area contributed by atoms with E-state index in [0.29, 0.717) is 22.4 Å². The fraction of sp³-hybridized carbons (Fsp3) is 0.353. The van der Waals surface area contributed by atoms with Crippen LogP contribution in [-0.2, 0) is 6.54 Å². The molecule has 0 saturated heterocycles. The molecule has 0 aliphatic heterocycles. The SMILES string of the molecule is Cc1ccc(Oc2c(Cl)cccc2CNCC(C)C)cn1. The topological polar surface area (TPSA) is 34.1 Å². The minimum absolute atomic E-state index is 0.606. The zero-order valence-electron chi connectivity index (χ0n) is 12.7. The Bertz CT molecular complexity index is 582. The highest BCUT2D eigenvalue weighted by molar-refractivity contribution is 6.32. The molecule has 0 unspecified atom stereocenters. The molecule has 1 heterocycles. The third-order valence-corrected chi connectivity index (χ3v) is 3.32. The smallest absolute Gasteiger partial charge is 0.150 e. The Morgan fingerprint density at radius 2 is 2.05 bits per heavy atom. The first kappa shape index (κ1) is 15.8. The van der Waals surface area contributed by atoms with Gasteiger partial charge in [0.15, 0.2) is 5.75 Å². The molecule has 0 spiro atoms. The predicted molar refractivity (Wildman–Crippen MR) is 87.0 cm³/mol. The number of ether oxygens (including phenoxy) is 1. The van der Waals surface area contributed by atoms with Crippen molar-refractivity contribution < 1.29 is 4.74 Å². The summed E-state index contributed by atoms with van der Waals surface area (Å²) in [4.78, 5) is 4.24. The van der Waals surface area contributed by atoms with Gasteiger partial charge in [0.05, 0.1) is 11.2 Å². The van der Waals surface area contributed by atoms with E-state index in [0.717, 1.165) is 24.3 Å². The number of hydrogen-bond donors (Lipinski definition) is 1. The van der Waals surface area contributed by atoms with Gasteiger partial charge >= 0.3 is 0 Å². The average Bonchev–Trinajstić information content (AvgIpc) is 2.44. The lowest BCUT2D eigenvalue weighted by Crippen LogP contribution is -2.19. The van der Waals surface area contributed by atoms with Gasteiger partial charge in [-0.15, -0.1) is 0 Å². The summed E-state index contributed by atoms with van der Waals surface area (Å²) in [6.45, 7) is 7.99. The summed E-state index contributed by atoms with van der Waals surface area (Å²) in [5.41, 5.74) is 2.00. The number of rotatable bonds is 6. The molecule has 21 heavy (non-hydrogen) atoms. The van der Waals surface area contributed by atoms with Crippen LogP contribution in [0.2, 0.25) is 5.02 Å². The molecule has 0 amide bonds. The Morgan fingerprint density at radius 3 is 2.71 bits per heavy atom. The summed E-state index contributed by atoms with van der Waals surface area (Å²) < 4.78 is 5.92. The number of halogens is 1. The normalized spacial score (nSPS) is 10.9. The van der Waals surface area contributed by atoms with Gasteiger partial charge in [-0.3, -0.25) is 4.98 Å². The predicted octanol–water partition coefficient (Wildman–Crippen LogP) is 4.58. The summed E-state index contributed by atoms with van der Waals surface area (Å²) in [7, 11) is 0. The van der Waals surface area contributed by atoms with Crippen LogP contribution in [0.1, 0.15) is 25.1 Å². The molecule has 0 saturated carbocycles. The van der Waals surface area contributed by atoms with Crippen LogP contribution in [-0.4, -0.2) is 11.5 Å². The van der Waals surface area contributed by atoms with E-state index in [1.807, 2.05) is 37.3 Å².